The molecule has 0 bridgehead atoms. The Balaban J connectivity index is 1.94. The van der Waals surface area contributed by atoms with Crippen molar-refractivity contribution in [1.82, 2.24) is 4.98 Å². The van der Waals surface area contributed by atoms with Gasteiger partial charge in [-0.3, -0.25) is 4.98 Å². The fourth-order valence-electron chi connectivity index (χ4n) is 2.43. The van der Waals surface area contributed by atoms with Gasteiger partial charge in [0.05, 0.1) is 5.69 Å². The Kier molecular flexibility index (Phi) is 2.65. The summed E-state index contributed by atoms with van der Waals surface area (Å²) < 4.78 is 0. The van der Waals surface area contributed by atoms with E-state index in [4.69, 9.17) is 0 Å². The zero-order valence-corrected chi connectivity index (χ0v) is 9.63. The molecule has 0 saturated carbocycles. The maximum absolute atomic E-state index is 10.3. The molecule has 1 atom stereocenters. The Morgan fingerprint density at radius 3 is 2.65 bits per heavy atom. The highest BCUT2D eigenvalue weighted by atomic mass is 16.3. The number of aromatic nitrogens is 1. The van der Waals surface area contributed by atoms with Gasteiger partial charge in [0.25, 0.3) is 0 Å². The van der Waals surface area contributed by atoms with Gasteiger partial charge in [0.15, 0.2) is 0 Å². The number of pyridine rings is 1. The Morgan fingerprint density at radius 2 is 1.82 bits per heavy atom. The monoisotopic (exact) mass is 225 g/mol. The summed E-state index contributed by atoms with van der Waals surface area (Å²) in [4.78, 5) is 4.38. The van der Waals surface area contributed by atoms with E-state index in [0.717, 1.165) is 24.1 Å². The lowest BCUT2D eigenvalue weighted by molar-refractivity contribution is 0.215. The highest BCUT2D eigenvalue weighted by Crippen LogP contribution is 2.26. The van der Waals surface area contributed by atoms with Gasteiger partial charge in [0.1, 0.15) is 6.10 Å². The Labute approximate surface area is 101 Å². The second kappa shape index (κ2) is 4.30. The molecule has 0 aliphatic heterocycles. The minimum Gasteiger partial charge on any atom is -0.382 e. The molecule has 0 radical (unpaired) electrons. The normalized spacial score (nSPS) is 15.6. The number of nitrogens with zero attached hydrogens (tertiary/aromatic N) is 1. The molecule has 1 N–H and O–H groups in total. The highest BCUT2D eigenvalue weighted by molar-refractivity contribution is 5.34. The van der Waals surface area contributed by atoms with Crippen LogP contribution in [0.25, 0.3) is 0 Å². The molecule has 1 heterocycles. The first-order chi connectivity index (χ1) is 8.34. The van der Waals surface area contributed by atoms with Gasteiger partial charge >= 0.3 is 0 Å². The summed E-state index contributed by atoms with van der Waals surface area (Å²) in [5.41, 5.74) is 4.36. The molecular weight excluding hydrogens is 210 g/mol. The SMILES string of the molecule is OC(c1ccccc1)c1cc2c(cn1)CCC2. The number of aliphatic hydroxyl groups is 1. The van der Waals surface area contributed by atoms with Crippen LogP contribution in [0.2, 0.25) is 0 Å². The van der Waals surface area contributed by atoms with Crippen LogP contribution in [0.3, 0.4) is 0 Å². The molecule has 2 heteroatoms. The van der Waals surface area contributed by atoms with Gasteiger partial charge in [-0.15, -0.1) is 0 Å². The second-order valence-electron chi connectivity index (χ2n) is 4.54. The van der Waals surface area contributed by atoms with E-state index < -0.39 is 6.10 Å². The topological polar surface area (TPSA) is 33.1 Å². The summed E-state index contributed by atoms with van der Waals surface area (Å²) >= 11 is 0. The molecule has 3 rings (SSSR count). The van der Waals surface area contributed by atoms with Gasteiger partial charge in [0, 0.05) is 6.20 Å². The van der Waals surface area contributed by atoms with Gasteiger partial charge < -0.3 is 5.11 Å². The molecule has 0 amide bonds. The molecule has 1 aliphatic carbocycles. The zero-order chi connectivity index (χ0) is 11.7. The lowest BCUT2D eigenvalue weighted by Crippen LogP contribution is -2.03. The van der Waals surface area contributed by atoms with Crippen LogP contribution in [0.15, 0.2) is 42.6 Å². The molecule has 1 aliphatic rings. The van der Waals surface area contributed by atoms with E-state index in [-0.39, 0.29) is 0 Å². The quantitative estimate of drug-likeness (QED) is 0.852. The van der Waals surface area contributed by atoms with Crippen LogP contribution < -0.4 is 0 Å². The van der Waals surface area contributed by atoms with Crippen molar-refractivity contribution in [3.05, 3.63) is 65.0 Å². The number of hydrogen-bond acceptors (Lipinski definition) is 2. The number of fused-ring (bicyclic) bond motifs is 1. The summed E-state index contributed by atoms with van der Waals surface area (Å²) in [6, 6.07) is 11.7. The van der Waals surface area contributed by atoms with E-state index in [1.165, 1.54) is 17.5 Å². The van der Waals surface area contributed by atoms with Gasteiger partial charge in [0.2, 0.25) is 0 Å². The minimum absolute atomic E-state index is 0.609. The van der Waals surface area contributed by atoms with Crippen LogP contribution in [-0.2, 0) is 12.8 Å². The second-order valence-corrected chi connectivity index (χ2v) is 4.54. The summed E-state index contributed by atoms with van der Waals surface area (Å²) in [6.07, 6.45) is 4.77. The summed E-state index contributed by atoms with van der Waals surface area (Å²) in [5.74, 6) is 0. The Bertz CT molecular complexity index is 522. The van der Waals surface area contributed by atoms with Crippen molar-refractivity contribution in [2.24, 2.45) is 0 Å². The van der Waals surface area contributed by atoms with Crippen molar-refractivity contribution < 1.29 is 5.11 Å². The molecule has 1 aromatic carbocycles. The Morgan fingerprint density at radius 1 is 1.06 bits per heavy atom. The molecule has 0 saturated heterocycles. The standard InChI is InChI=1S/C15H15NO/c17-15(11-5-2-1-3-6-11)14-9-12-7-4-8-13(12)10-16-14/h1-3,5-6,9-10,15,17H,4,7-8H2. The molecule has 2 nitrogen and oxygen atoms in total. The van der Waals surface area contributed by atoms with Gasteiger partial charge in [-0.05, 0) is 42.0 Å². The number of benzene rings is 1. The predicted molar refractivity (Wildman–Crippen MR) is 66.8 cm³/mol. The molecule has 0 spiro atoms. The Hall–Kier alpha value is -1.67. The van der Waals surface area contributed by atoms with E-state index in [2.05, 4.69) is 11.1 Å². The van der Waals surface area contributed by atoms with Crippen LogP contribution in [0.4, 0.5) is 0 Å². The van der Waals surface area contributed by atoms with E-state index in [9.17, 15) is 5.11 Å². The first-order valence-corrected chi connectivity index (χ1v) is 6.05. The number of aryl methyl sites for hydroxylation is 2. The predicted octanol–water partition coefficient (Wildman–Crippen LogP) is 2.65. The van der Waals surface area contributed by atoms with Crippen LogP contribution in [0.5, 0.6) is 0 Å². The molecule has 0 fully saturated rings. The van der Waals surface area contributed by atoms with Crippen LogP contribution in [-0.4, -0.2) is 10.1 Å². The van der Waals surface area contributed by atoms with Crippen molar-refractivity contribution in [2.75, 3.05) is 0 Å². The first-order valence-electron chi connectivity index (χ1n) is 6.05. The lowest BCUT2D eigenvalue weighted by atomic mass is 10.0. The van der Waals surface area contributed by atoms with Gasteiger partial charge in [-0.1, -0.05) is 30.3 Å². The van der Waals surface area contributed by atoms with Crippen molar-refractivity contribution in [1.29, 1.82) is 0 Å². The molecule has 17 heavy (non-hydrogen) atoms. The van der Waals surface area contributed by atoms with Crippen LogP contribution in [0.1, 0.15) is 34.9 Å². The molecule has 1 aromatic heterocycles. The third-order valence-corrected chi connectivity index (χ3v) is 3.39. The molecular formula is C15H15NO. The fourth-order valence-corrected chi connectivity index (χ4v) is 2.43. The van der Waals surface area contributed by atoms with E-state index in [1.54, 1.807) is 0 Å². The molecule has 2 aromatic rings. The van der Waals surface area contributed by atoms with Crippen molar-refractivity contribution in [3.8, 4) is 0 Å². The lowest BCUT2D eigenvalue weighted by Gasteiger charge is -2.11. The molecule has 86 valence electrons. The number of rotatable bonds is 2. The highest BCUT2D eigenvalue weighted by Gasteiger charge is 2.16. The zero-order valence-electron chi connectivity index (χ0n) is 9.63. The summed E-state index contributed by atoms with van der Waals surface area (Å²) in [7, 11) is 0. The number of hydrogen-bond donors (Lipinski definition) is 1. The molecule has 1 unspecified atom stereocenters. The average Bonchev–Trinajstić information content (AvgIpc) is 2.86. The summed E-state index contributed by atoms with van der Waals surface area (Å²) in [5, 5.41) is 10.3. The largest absolute Gasteiger partial charge is 0.382 e. The third kappa shape index (κ3) is 1.96. The first kappa shape index (κ1) is 10.5. The van der Waals surface area contributed by atoms with Crippen molar-refractivity contribution in [2.45, 2.75) is 25.4 Å². The third-order valence-electron chi connectivity index (χ3n) is 3.39. The van der Waals surface area contributed by atoms with E-state index in [1.807, 2.05) is 36.5 Å². The average molecular weight is 225 g/mol. The van der Waals surface area contributed by atoms with E-state index >= 15 is 0 Å². The summed E-state index contributed by atoms with van der Waals surface area (Å²) in [6.45, 7) is 0. The fraction of sp³-hybridized carbons (Fsp3) is 0.267. The van der Waals surface area contributed by atoms with Gasteiger partial charge in [-0.25, -0.2) is 0 Å². The van der Waals surface area contributed by atoms with Crippen LogP contribution >= 0.6 is 0 Å². The maximum Gasteiger partial charge on any atom is 0.121 e. The van der Waals surface area contributed by atoms with Gasteiger partial charge in [-0.2, -0.15) is 0 Å². The smallest absolute Gasteiger partial charge is 0.121 e. The van der Waals surface area contributed by atoms with Crippen LogP contribution in [0, 0.1) is 0 Å². The van der Waals surface area contributed by atoms with Crippen molar-refractivity contribution in [3.63, 3.8) is 0 Å². The minimum atomic E-state index is -0.609. The number of aliphatic hydroxyl groups excluding tert-OH is 1. The maximum atomic E-state index is 10.3. The van der Waals surface area contributed by atoms with Crippen molar-refractivity contribution >= 4 is 0 Å². The van der Waals surface area contributed by atoms with E-state index in [0.29, 0.717) is 0 Å².